The Morgan fingerprint density at radius 1 is 0.967 bits per heavy atom. The molecule has 0 N–H and O–H groups in total. The normalized spacial score (nSPS) is 15.0. The SMILES string of the molecule is CCCCC(=O)O/N=C(/C(=O)c1ccc(Sc2ccccc2)cc1)C1CCCCC1. The number of rotatable bonds is 9. The highest BCUT2D eigenvalue weighted by molar-refractivity contribution is 7.99. The van der Waals surface area contributed by atoms with Gasteiger partial charge in [-0.15, -0.1) is 0 Å². The molecule has 0 aliphatic heterocycles. The third kappa shape index (κ3) is 6.56. The summed E-state index contributed by atoms with van der Waals surface area (Å²) in [5.41, 5.74) is 0.976. The molecule has 0 heterocycles. The van der Waals surface area contributed by atoms with E-state index in [4.69, 9.17) is 4.84 Å². The number of carbonyl (C=O) groups excluding carboxylic acids is 2. The van der Waals surface area contributed by atoms with Gasteiger partial charge in [0.15, 0.2) is 0 Å². The molecule has 2 aromatic carbocycles. The van der Waals surface area contributed by atoms with Crippen LogP contribution in [0.25, 0.3) is 0 Å². The average Bonchev–Trinajstić information content (AvgIpc) is 2.79. The molecule has 1 aliphatic carbocycles. The first-order valence-electron chi connectivity index (χ1n) is 10.8. The number of nitrogens with zero attached hydrogens (tertiary/aromatic N) is 1. The van der Waals surface area contributed by atoms with Crippen molar-refractivity contribution in [3.8, 4) is 0 Å². The Hall–Kier alpha value is -2.40. The first-order chi connectivity index (χ1) is 14.7. The summed E-state index contributed by atoms with van der Waals surface area (Å²) in [5, 5.41) is 4.08. The lowest BCUT2D eigenvalue weighted by Gasteiger charge is -2.22. The predicted molar refractivity (Wildman–Crippen MR) is 121 cm³/mol. The zero-order valence-corrected chi connectivity index (χ0v) is 18.3. The molecule has 0 bridgehead atoms. The lowest BCUT2D eigenvalue weighted by molar-refractivity contribution is -0.143. The topological polar surface area (TPSA) is 55.7 Å². The van der Waals surface area contributed by atoms with Gasteiger partial charge in [-0.2, -0.15) is 0 Å². The summed E-state index contributed by atoms with van der Waals surface area (Å²) in [6, 6.07) is 17.7. The Labute approximate surface area is 183 Å². The van der Waals surface area contributed by atoms with Gasteiger partial charge in [0.05, 0.1) is 0 Å². The van der Waals surface area contributed by atoms with Gasteiger partial charge >= 0.3 is 5.97 Å². The standard InChI is InChI=1S/C25H29NO3S/c1-2-3-14-23(27)29-26-24(19-10-6-4-7-11-19)25(28)20-15-17-22(18-16-20)30-21-12-8-5-9-13-21/h5,8-9,12-13,15-19H,2-4,6-7,10-11,14H2,1H3/b26-24+. The van der Waals surface area contributed by atoms with E-state index >= 15 is 0 Å². The van der Waals surface area contributed by atoms with Crippen molar-refractivity contribution in [2.75, 3.05) is 0 Å². The minimum absolute atomic E-state index is 0.0589. The first kappa shape index (κ1) is 22.3. The maximum atomic E-state index is 13.2. The number of Topliss-reactive ketones (excluding diaryl/α,β-unsaturated/α-hetero) is 1. The van der Waals surface area contributed by atoms with Gasteiger partial charge in [-0.1, -0.05) is 67.7 Å². The van der Waals surface area contributed by atoms with Crippen molar-refractivity contribution in [1.82, 2.24) is 0 Å². The maximum Gasteiger partial charge on any atom is 0.335 e. The Morgan fingerprint density at radius 3 is 2.30 bits per heavy atom. The second-order valence-corrected chi connectivity index (χ2v) is 8.79. The molecule has 0 spiro atoms. The summed E-state index contributed by atoms with van der Waals surface area (Å²) in [6.45, 7) is 2.02. The molecular formula is C25H29NO3S. The van der Waals surface area contributed by atoms with E-state index < -0.39 is 0 Å². The maximum absolute atomic E-state index is 13.2. The van der Waals surface area contributed by atoms with Crippen LogP contribution >= 0.6 is 11.8 Å². The molecular weight excluding hydrogens is 394 g/mol. The number of ketones is 1. The third-order valence-electron chi connectivity index (χ3n) is 5.30. The van der Waals surface area contributed by atoms with E-state index in [1.165, 1.54) is 6.42 Å². The molecule has 0 radical (unpaired) electrons. The van der Waals surface area contributed by atoms with E-state index in [1.54, 1.807) is 11.8 Å². The van der Waals surface area contributed by atoms with Crippen LogP contribution in [0, 0.1) is 5.92 Å². The van der Waals surface area contributed by atoms with Gasteiger partial charge in [-0.25, -0.2) is 4.79 Å². The van der Waals surface area contributed by atoms with Crippen molar-refractivity contribution in [2.24, 2.45) is 11.1 Å². The molecule has 4 nitrogen and oxygen atoms in total. The Balaban J connectivity index is 1.73. The second-order valence-electron chi connectivity index (χ2n) is 7.65. The van der Waals surface area contributed by atoms with E-state index in [0.717, 1.165) is 48.3 Å². The summed E-state index contributed by atoms with van der Waals surface area (Å²) in [4.78, 5) is 32.5. The number of carbonyl (C=O) groups is 2. The Bertz CT molecular complexity index is 856. The minimum atomic E-state index is -0.368. The molecule has 3 rings (SSSR count). The number of benzene rings is 2. The van der Waals surface area contributed by atoms with Crippen LogP contribution in [0.4, 0.5) is 0 Å². The van der Waals surface area contributed by atoms with Gasteiger partial charge in [-0.3, -0.25) is 4.79 Å². The van der Waals surface area contributed by atoms with Crippen LogP contribution in [0.2, 0.25) is 0 Å². The molecule has 1 saturated carbocycles. The van der Waals surface area contributed by atoms with Crippen LogP contribution in [-0.4, -0.2) is 17.5 Å². The minimum Gasteiger partial charge on any atom is -0.318 e. The van der Waals surface area contributed by atoms with Crippen LogP contribution in [0.1, 0.15) is 68.6 Å². The van der Waals surface area contributed by atoms with Crippen LogP contribution < -0.4 is 0 Å². The monoisotopic (exact) mass is 423 g/mol. The van der Waals surface area contributed by atoms with Crippen molar-refractivity contribution >= 4 is 29.2 Å². The predicted octanol–water partition coefficient (Wildman–Crippen LogP) is 6.69. The fourth-order valence-electron chi connectivity index (χ4n) is 3.59. The van der Waals surface area contributed by atoms with Crippen molar-refractivity contribution in [1.29, 1.82) is 0 Å². The second kappa shape index (κ2) is 11.7. The molecule has 1 aliphatic rings. The fraction of sp³-hybridized carbons (Fsp3) is 0.400. The first-order valence-corrected chi connectivity index (χ1v) is 11.6. The molecule has 0 aromatic heterocycles. The van der Waals surface area contributed by atoms with Crippen molar-refractivity contribution in [3.63, 3.8) is 0 Å². The van der Waals surface area contributed by atoms with Gasteiger partial charge in [-0.05, 0) is 55.7 Å². The quantitative estimate of drug-likeness (QED) is 0.195. The summed E-state index contributed by atoms with van der Waals surface area (Å²) in [7, 11) is 0. The average molecular weight is 424 g/mol. The number of hydrogen-bond acceptors (Lipinski definition) is 5. The Kier molecular flexibility index (Phi) is 8.69. The highest BCUT2D eigenvalue weighted by Gasteiger charge is 2.27. The van der Waals surface area contributed by atoms with Gasteiger partial charge in [0.1, 0.15) is 5.71 Å². The van der Waals surface area contributed by atoms with Gasteiger partial charge in [0.25, 0.3) is 0 Å². The number of hydrogen-bond donors (Lipinski definition) is 0. The van der Waals surface area contributed by atoms with Gasteiger partial charge < -0.3 is 4.84 Å². The lowest BCUT2D eigenvalue weighted by Crippen LogP contribution is -2.27. The lowest BCUT2D eigenvalue weighted by atomic mass is 9.83. The molecule has 30 heavy (non-hydrogen) atoms. The number of oxime groups is 1. The molecule has 1 fully saturated rings. The van der Waals surface area contributed by atoms with Crippen molar-refractivity contribution < 1.29 is 14.4 Å². The van der Waals surface area contributed by atoms with E-state index in [-0.39, 0.29) is 17.7 Å². The summed E-state index contributed by atoms with van der Waals surface area (Å²) < 4.78 is 0. The zero-order chi connectivity index (χ0) is 21.2. The highest BCUT2D eigenvalue weighted by Crippen LogP contribution is 2.29. The highest BCUT2D eigenvalue weighted by atomic mass is 32.2. The Morgan fingerprint density at radius 2 is 1.63 bits per heavy atom. The van der Waals surface area contributed by atoms with Crippen LogP contribution in [0.5, 0.6) is 0 Å². The molecule has 5 heteroatoms. The fourth-order valence-corrected chi connectivity index (χ4v) is 4.43. The van der Waals surface area contributed by atoms with Crippen LogP contribution in [-0.2, 0) is 9.63 Å². The molecule has 158 valence electrons. The summed E-state index contributed by atoms with van der Waals surface area (Å²) in [5.74, 6) is -0.447. The molecule has 2 aromatic rings. The largest absolute Gasteiger partial charge is 0.335 e. The molecule has 0 saturated heterocycles. The van der Waals surface area contributed by atoms with Crippen LogP contribution in [0.15, 0.2) is 69.5 Å². The summed E-state index contributed by atoms with van der Waals surface area (Å²) >= 11 is 1.66. The van der Waals surface area contributed by atoms with Gasteiger partial charge in [0, 0.05) is 27.7 Å². The third-order valence-corrected chi connectivity index (χ3v) is 6.32. The van der Waals surface area contributed by atoms with Crippen LogP contribution in [0.3, 0.4) is 0 Å². The van der Waals surface area contributed by atoms with E-state index in [1.807, 2.05) is 49.4 Å². The number of unbranched alkanes of at least 4 members (excludes halogenated alkanes) is 1. The van der Waals surface area contributed by atoms with E-state index in [0.29, 0.717) is 17.7 Å². The molecule has 0 atom stereocenters. The summed E-state index contributed by atoms with van der Waals surface area (Å²) in [6.07, 6.45) is 7.18. The van der Waals surface area contributed by atoms with Crippen molar-refractivity contribution in [2.45, 2.75) is 68.1 Å². The van der Waals surface area contributed by atoms with Gasteiger partial charge in [0.2, 0.25) is 5.78 Å². The van der Waals surface area contributed by atoms with E-state index in [2.05, 4.69) is 17.3 Å². The molecule has 0 unspecified atom stereocenters. The van der Waals surface area contributed by atoms with E-state index in [9.17, 15) is 9.59 Å². The molecule has 0 amide bonds. The van der Waals surface area contributed by atoms with Crippen molar-refractivity contribution in [3.05, 3.63) is 60.2 Å². The zero-order valence-electron chi connectivity index (χ0n) is 17.5. The smallest absolute Gasteiger partial charge is 0.318 e.